The second-order valence-electron chi connectivity index (χ2n) is 7.36. The van der Waals surface area contributed by atoms with Crippen LogP contribution in [0.3, 0.4) is 0 Å². The number of benzene rings is 2. The van der Waals surface area contributed by atoms with E-state index in [1.807, 2.05) is 30.5 Å². The molecule has 0 saturated heterocycles. The molecule has 3 rings (SSSR count). The molecule has 1 heterocycles. The minimum atomic E-state index is -0.00316. The molecule has 28 heavy (non-hydrogen) atoms. The minimum Gasteiger partial charge on any atom is -0.329 e. The monoisotopic (exact) mass is 412 g/mol. The number of nitrogens with two attached hydrogens (primary N) is 1. The first-order valence-corrected chi connectivity index (χ1v) is 10.6. The number of amides is 1. The Balaban J connectivity index is 1.90. The molecule has 146 valence electrons. The average Bonchev–Trinajstić information content (AvgIpc) is 3.16. The third-order valence-corrected chi connectivity index (χ3v) is 6.23. The standard InChI is InChI=1S/C21H24N4OS2/c1-21(2,3)25-28-18-10-14(11-22)4-9-17(18)19-12-23-20(27-19)15-5-7-16(8-6-15)24-13-26/h4-10,12-13,25H,11,22H2,1-3H3,(H,24,26). The van der Waals surface area contributed by atoms with Gasteiger partial charge in [0.15, 0.2) is 0 Å². The topological polar surface area (TPSA) is 80.0 Å². The number of hydrogen-bond donors (Lipinski definition) is 3. The second-order valence-corrected chi connectivity index (χ2v) is 9.24. The number of rotatable bonds is 7. The number of anilines is 1. The molecule has 2 aromatic carbocycles. The van der Waals surface area contributed by atoms with E-state index in [0.29, 0.717) is 13.0 Å². The fourth-order valence-corrected chi connectivity index (χ4v) is 4.44. The third kappa shape index (κ3) is 5.20. The van der Waals surface area contributed by atoms with Gasteiger partial charge in [0.05, 0.1) is 4.88 Å². The van der Waals surface area contributed by atoms with Crippen LogP contribution in [0.1, 0.15) is 26.3 Å². The molecule has 4 N–H and O–H groups in total. The van der Waals surface area contributed by atoms with Gasteiger partial charge in [0, 0.05) is 40.0 Å². The Kier molecular flexibility index (Phi) is 6.51. The summed E-state index contributed by atoms with van der Waals surface area (Å²) in [5, 5.41) is 3.58. The van der Waals surface area contributed by atoms with Crippen molar-refractivity contribution in [1.82, 2.24) is 9.71 Å². The molecular formula is C21H24N4OS2. The molecule has 0 radical (unpaired) electrons. The Morgan fingerprint density at radius 1 is 1.18 bits per heavy atom. The molecule has 7 heteroatoms. The van der Waals surface area contributed by atoms with Gasteiger partial charge in [-0.05, 0) is 68.6 Å². The van der Waals surface area contributed by atoms with Gasteiger partial charge >= 0.3 is 0 Å². The molecule has 0 unspecified atom stereocenters. The maximum Gasteiger partial charge on any atom is 0.211 e. The highest BCUT2D eigenvalue weighted by molar-refractivity contribution is 7.97. The molecule has 0 aliphatic heterocycles. The Bertz CT molecular complexity index is 946. The van der Waals surface area contributed by atoms with Crippen LogP contribution in [-0.2, 0) is 11.3 Å². The van der Waals surface area contributed by atoms with Crippen LogP contribution in [0, 0.1) is 0 Å². The molecule has 0 spiro atoms. The van der Waals surface area contributed by atoms with Crippen LogP contribution in [0.25, 0.3) is 21.0 Å². The summed E-state index contributed by atoms with van der Waals surface area (Å²) in [7, 11) is 0. The molecule has 1 amide bonds. The zero-order valence-corrected chi connectivity index (χ0v) is 17.8. The van der Waals surface area contributed by atoms with Gasteiger partial charge in [-0.15, -0.1) is 11.3 Å². The SMILES string of the molecule is CC(C)(C)NSc1cc(CN)ccc1-c1cnc(-c2ccc(NC=O)cc2)s1. The highest BCUT2D eigenvalue weighted by Crippen LogP contribution is 2.38. The van der Waals surface area contributed by atoms with Crippen molar-refractivity contribution in [2.75, 3.05) is 5.32 Å². The van der Waals surface area contributed by atoms with Crippen molar-refractivity contribution in [3.63, 3.8) is 0 Å². The number of aromatic nitrogens is 1. The number of thiazole rings is 1. The second kappa shape index (κ2) is 8.87. The van der Waals surface area contributed by atoms with Crippen LogP contribution in [0.4, 0.5) is 5.69 Å². The molecule has 0 bridgehead atoms. The Labute approximate surface area is 173 Å². The van der Waals surface area contributed by atoms with Crippen LogP contribution in [0.2, 0.25) is 0 Å². The van der Waals surface area contributed by atoms with Crippen LogP contribution < -0.4 is 15.8 Å². The largest absolute Gasteiger partial charge is 0.329 e. The van der Waals surface area contributed by atoms with E-state index in [0.717, 1.165) is 37.2 Å². The van der Waals surface area contributed by atoms with Crippen molar-refractivity contribution >= 4 is 35.4 Å². The summed E-state index contributed by atoms with van der Waals surface area (Å²) in [5.41, 5.74) is 9.86. The van der Waals surface area contributed by atoms with E-state index in [-0.39, 0.29) is 5.54 Å². The lowest BCUT2D eigenvalue weighted by atomic mass is 10.1. The van der Waals surface area contributed by atoms with Crippen molar-refractivity contribution < 1.29 is 4.79 Å². The van der Waals surface area contributed by atoms with Crippen molar-refractivity contribution in [1.29, 1.82) is 0 Å². The first-order chi connectivity index (χ1) is 13.4. The molecular weight excluding hydrogens is 388 g/mol. The summed E-state index contributed by atoms with van der Waals surface area (Å²) < 4.78 is 3.48. The minimum absolute atomic E-state index is 0.00316. The van der Waals surface area contributed by atoms with Crippen LogP contribution in [0.5, 0.6) is 0 Å². The zero-order valence-electron chi connectivity index (χ0n) is 16.2. The van der Waals surface area contributed by atoms with E-state index in [1.54, 1.807) is 23.3 Å². The first kappa shape index (κ1) is 20.5. The maximum atomic E-state index is 10.5. The molecule has 5 nitrogen and oxygen atoms in total. The summed E-state index contributed by atoms with van der Waals surface area (Å²) in [4.78, 5) is 17.4. The van der Waals surface area contributed by atoms with E-state index in [4.69, 9.17) is 5.73 Å². The lowest BCUT2D eigenvalue weighted by Gasteiger charge is -2.20. The zero-order chi connectivity index (χ0) is 20.1. The van der Waals surface area contributed by atoms with E-state index in [9.17, 15) is 4.79 Å². The number of hydrogen-bond acceptors (Lipinski definition) is 6. The van der Waals surface area contributed by atoms with Gasteiger partial charge < -0.3 is 11.1 Å². The first-order valence-electron chi connectivity index (χ1n) is 8.93. The Morgan fingerprint density at radius 3 is 2.57 bits per heavy atom. The summed E-state index contributed by atoms with van der Waals surface area (Å²) >= 11 is 3.27. The molecule has 1 aromatic heterocycles. The smallest absolute Gasteiger partial charge is 0.211 e. The average molecular weight is 413 g/mol. The third-order valence-electron chi connectivity index (χ3n) is 3.88. The fraction of sp³-hybridized carbons (Fsp3) is 0.238. The predicted octanol–water partition coefficient (Wildman–Crippen LogP) is 4.90. The Hall–Kier alpha value is -2.19. The molecule has 0 aliphatic carbocycles. The summed E-state index contributed by atoms with van der Waals surface area (Å²) in [6.45, 7) is 6.93. The van der Waals surface area contributed by atoms with E-state index < -0.39 is 0 Å². The van der Waals surface area contributed by atoms with E-state index in [1.165, 1.54) is 0 Å². The van der Waals surface area contributed by atoms with Crippen LogP contribution in [0.15, 0.2) is 53.6 Å². The number of carbonyl (C=O) groups is 1. The van der Waals surface area contributed by atoms with Crippen molar-refractivity contribution in [2.24, 2.45) is 5.73 Å². The van der Waals surface area contributed by atoms with Crippen LogP contribution >= 0.6 is 23.3 Å². The van der Waals surface area contributed by atoms with Gasteiger partial charge in [0.25, 0.3) is 0 Å². The predicted molar refractivity (Wildman–Crippen MR) is 119 cm³/mol. The summed E-state index contributed by atoms with van der Waals surface area (Å²) in [6, 6.07) is 14.0. The molecule has 0 saturated carbocycles. The molecule has 3 aromatic rings. The molecule has 0 aliphatic rings. The van der Waals surface area contributed by atoms with Crippen molar-refractivity contribution in [2.45, 2.75) is 37.8 Å². The van der Waals surface area contributed by atoms with Crippen LogP contribution in [-0.4, -0.2) is 16.9 Å². The van der Waals surface area contributed by atoms with Crippen molar-refractivity contribution in [3.05, 3.63) is 54.2 Å². The van der Waals surface area contributed by atoms with Gasteiger partial charge in [0.1, 0.15) is 5.01 Å². The Morgan fingerprint density at radius 2 is 1.93 bits per heavy atom. The van der Waals surface area contributed by atoms with Crippen molar-refractivity contribution in [3.8, 4) is 21.0 Å². The van der Waals surface area contributed by atoms with Gasteiger partial charge in [-0.25, -0.2) is 4.98 Å². The van der Waals surface area contributed by atoms with Gasteiger partial charge in [-0.1, -0.05) is 12.1 Å². The van der Waals surface area contributed by atoms with E-state index in [2.05, 4.69) is 54.0 Å². The van der Waals surface area contributed by atoms with Gasteiger partial charge in [-0.2, -0.15) is 0 Å². The maximum absolute atomic E-state index is 10.5. The lowest BCUT2D eigenvalue weighted by molar-refractivity contribution is -0.105. The molecule has 0 atom stereocenters. The highest BCUT2D eigenvalue weighted by Gasteiger charge is 2.15. The quantitative estimate of drug-likeness (QED) is 0.380. The number of nitrogens with zero attached hydrogens (tertiary/aromatic N) is 1. The summed E-state index contributed by atoms with van der Waals surface area (Å²) in [6.07, 6.45) is 2.59. The lowest BCUT2D eigenvalue weighted by Crippen LogP contribution is -2.29. The fourth-order valence-electron chi connectivity index (χ4n) is 2.50. The van der Waals surface area contributed by atoms with Gasteiger partial charge in [0.2, 0.25) is 6.41 Å². The normalized spacial score (nSPS) is 11.4. The highest BCUT2D eigenvalue weighted by atomic mass is 32.2. The van der Waals surface area contributed by atoms with E-state index >= 15 is 0 Å². The van der Waals surface area contributed by atoms with Gasteiger partial charge in [-0.3, -0.25) is 9.52 Å². The summed E-state index contributed by atoms with van der Waals surface area (Å²) in [5.74, 6) is 0. The molecule has 0 fully saturated rings. The number of nitrogens with one attached hydrogen (secondary N) is 2. The number of carbonyl (C=O) groups excluding carboxylic acids is 1.